The molecule has 0 saturated heterocycles. The maximum absolute atomic E-state index is 12.6. The summed E-state index contributed by atoms with van der Waals surface area (Å²) in [7, 11) is -2.44. The lowest BCUT2D eigenvalue weighted by Gasteiger charge is -2.13. The molecule has 0 saturated carbocycles. The van der Waals surface area contributed by atoms with Crippen LogP contribution in [0.15, 0.2) is 23.1 Å². The van der Waals surface area contributed by atoms with Crippen molar-refractivity contribution in [3.63, 3.8) is 0 Å². The van der Waals surface area contributed by atoms with Crippen molar-refractivity contribution in [3.8, 4) is 11.9 Å². The summed E-state index contributed by atoms with van der Waals surface area (Å²) in [5, 5.41) is 22.4. The number of nitrogens with one attached hydrogen (secondary N) is 2. The number of aromatic carboxylic acids is 1. The van der Waals surface area contributed by atoms with Crippen LogP contribution in [0.4, 0.5) is 16.3 Å². The number of aryl methyl sites for hydroxylation is 1. The lowest BCUT2D eigenvalue weighted by Crippen LogP contribution is -2.36. The van der Waals surface area contributed by atoms with Crippen LogP contribution in [-0.2, 0) is 10.0 Å². The molecule has 0 bridgehead atoms. The summed E-state index contributed by atoms with van der Waals surface area (Å²) in [5.41, 5.74) is -1.36. The fourth-order valence-electron chi connectivity index (χ4n) is 2.38. The highest BCUT2D eigenvalue weighted by Gasteiger charge is 2.30. The van der Waals surface area contributed by atoms with Gasteiger partial charge in [0.1, 0.15) is 4.90 Å². The van der Waals surface area contributed by atoms with Crippen LogP contribution < -0.4 is 19.5 Å². The van der Waals surface area contributed by atoms with Crippen LogP contribution in [0.3, 0.4) is 0 Å². The van der Waals surface area contributed by atoms with Crippen molar-refractivity contribution in [2.24, 2.45) is 0 Å². The molecule has 2 amide bonds. The zero-order chi connectivity index (χ0) is 22.6. The van der Waals surface area contributed by atoms with Crippen molar-refractivity contribution in [2.45, 2.75) is 11.8 Å². The molecule has 0 aliphatic rings. The molecule has 0 radical (unpaired) electrons. The van der Waals surface area contributed by atoms with Gasteiger partial charge in [0.15, 0.2) is 0 Å². The van der Waals surface area contributed by atoms with Gasteiger partial charge in [0.05, 0.1) is 24.7 Å². The van der Waals surface area contributed by atoms with Gasteiger partial charge in [-0.1, -0.05) is 12.1 Å². The lowest BCUT2D eigenvalue weighted by molar-refractivity contribution is -0.385. The van der Waals surface area contributed by atoms with E-state index < -0.39 is 60.8 Å². The average molecular weight is 441 g/mol. The monoisotopic (exact) mass is 441 g/mol. The Balaban J connectivity index is 2.44. The van der Waals surface area contributed by atoms with Gasteiger partial charge < -0.3 is 14.6 Å². The highest BCUT2D eigenvalue weighted by Crippen LogP contribution is 2.33. The Hall–Kier alpha value is -4.01. The zero-order valence-corrected chi connectivity index (χ0v) is 16.5. The van der Waals surface area contributed by atoms with Gasteiger partial charge in [0.25, 0.3) is 10.0 Å². The van der Waals surface area contributed by atoms with Gasteiger partial charge in [-0.25, -0.2) is 22.7 Å². The highest BCUT2D eigenvalue weighted by atomic mass is 32.2. The molecular weight excluding hydrogens is 426 g/mol. The van der Waals surface area contributed by atoms with Gasteiger partial charge in [-0.3, -0.25) is 15.4 Å². The second kappa shape index (κ2) is 8.56. The van der Waals surface area contributed by atoms with E-state index >= 15 is 0 Å². The van der Waals surface area contributed by atoms with Crippen LogP contribution in [0.1, 0.15) is 15.9 Å². The summed E-state index contributed by atoms with van der Waals surface area (Å²) in [4.78, 5) is 40.5. The van der Waals surface area contributed by atoms with Crippen LogP contribution >= 0.6 is 0 Å². The number of nitro groups is 1. The first-order valence-electron chi connectivity index (χ1n) is 7.83. The number of carbonyl (C=O) groups excluding carboxylic acids is 1. The Labute approximate surface area is 169 Å². The van der Waals surface area contributed by atoms with E-state index in [1.54, 1.807) is 4.72 Å². The number of carbonyl (C=O) groups is 2. The first-order valence-corrected chi connectivity index (χ1v) is 9.31. The third kappa shape index (κ3) is 4.52. The minimum atomic E-state index is -4.67. The molecule has 14 nitrogen and oxygen atoms in total. The number of sulfonamides is 1. The molecule has 1 aromatic heterocycles. The van der Waals surface area contributed by atoms with Gasteiger partial charge in [-0.05, 0) is 18.6 Å². The predicted molar refractivity (Wildman–Crippen MR) is 99.3 cm³/mol. The molecule has 0 aliphatic heterocycles. The molecule has 0 fully saturated rings. The third-order valence-electron chi connectivity index (χ3n) is 3.56. The Morgan fingerprint density at radius 3 is 2.40 bits per heavy atom. The second-order valence-corrected chi connectivity index (χ2v) is 7.11. The number of methoxy groups -OCH3 is 2. The standard InChI is InChI=1S/C15H15N5O9S/c1-7-5-4-6-8(13(21)22)10(7)30(26,27)19-14(23)16-11-9(20(24)25)12(28-2)18-15(17-11)29-3/h4-6H,1-3H3,(H,21,22)(H2,16,17,18,19,23). The molecule has 2 aromatic rings. The molecule has 3 N–H and O–H groups in total. The van der Waals surface area contributed by atoms with Gasteiger partial charge >= 0.3 is 29.6 Å². The van der Waals surface area contributed by atoms with E-state index in [2.05, 4.69) is 9.97 Å². The summed E-state index contributed by atoms with van der Waals surface area (Å²) in [6.07, 6.45) is 0. The van der Waals surface area contributed by atoms with Crippen molar-refractivity contribution < 1.29 is 37.5 Å². The molecular formula is C15H15N5O9S. The van der Waals surface area contributed by atoms with Crippen LogP contribution in [0.2, 0.25) is 0 Å². The van der Waals surface area contributed by atoms with Crippen molar-refractivity contribution in [2.75, 3.05) is 19.5 Å². The van der Waals surface area contributed by atoms with Gasteiger partial charge in [-0.2, -0.15) is 9.97 Å². The quantitative estimate of drug-likeness (QED) is 0.407. The number of benzene rings is 1. The van der Waals surface area contributed by atoms with E-state index in [0.717, 1.165) is 20.3 Å². The largest absolute Gasteiger partial charge is 0.478 e. The van der Waals surface area contributed by atoms with Gasteiger partial charge in [0.2, 0.25) is 5.82 Å². The fourth-order valence-corrected chi connectivity index (χ4v) is 3.72. The molecule has 0 atom stereocenters. The molecule has 1 aromatic carbocycles. The van der Waals surface area contributed by atoms with Crippen molar-refractivity contribution in [3.05, 3.63) is 39.4 Å². The summed E-state index contributed by atoms with van der Waals surface area (Å²) in [6.45, 7) is 1.34. The van der Waals surface area contributed by atoms with E-state index in [1.165, 1.54) is 19.1 Å². The van der Waals surface area contributed by atoms with E-state index in [4.69, 9.17) is 9.47 Å². The summed E-state index contributed by atoms with van der Waals surface area (Å²) >= 11 is 0. The Kier molecular flexibility index (Phi) is 6.36. The van der Waals surface area contributed by atoms with Crippen LogP contribution in [-0.4, -0.2) is 54.6 Å². The zero-order valence-electron chi connectivity index (χ0n) is 15.7. The Bertz CT molecular complexity index is 1130. The Morgan fingerprint density at radius 2 is 1.87 bits per heavy atom. The number of amides is 2. The number of hydrogen-bond donors (Lipinski definition) is 3. The summed E-state index contributed by atoms with van der Waals surface area (Å²) in [5.74, 6) is -2.78. The number of rotatable bonds is 7. The normalized spacial score (nSPS) is 10.8. The highest BCUT2D eigenvalue weighted by molar-refractivity contribution is 7.90. The van der Waals surface area contributed by atoms with Gasteiger partial charge in [-0.15, -0.1) is 0 Å². The summed E-state index contributed by atoms with van der Waals surface area (Å²) in [6, 6.07) is 1.88. The molecule has 0 spiro atoms. The van der Waals surface area contributed by atoms with E-state index in [0.29, 0.717) is 0 Å². The van der Waals surface area contributed by atoms with Crippen molar-refractivity contribution in [1.29, 1.82) is 0 Å². The average Bonchev–Trinajstić information content (AvgIpc) is 2.65. The fraction of sp³-hybridized carbons (Fsp3) is 0.200. The number of aromatic nitrogens is 2. The predicted octanol–water partition coefficient (Wildman–Crippen LogP) is 0.919. The maximum Gasteiger partial charge on any atom is 0.373 e. The van der Waals surface area contributed by atoms with E-state index in [9.17, 15) is 33.2 Å². The van der Waals surface area contributed by atoms with Gasteiger partial charge in [0, 0.05) is 0 Å². The molecule has 160 valence electrons. The van der Waals surface area contributed by atoms with Crippen molar-refractivity contribution >= 4 is 33.5 Å². The number of urea groups is 1. The molecule has 15 heteroatoms. The maximum atomic E-state index is 12.6. The lowest BCUT2D eigenvalue weighted by atomic mass is 10.1. The third-order valence-corrected chi connectivity index (χ3v) is 5.09. The SMILES string of the molecule is COc1nc(NC(=O)NS(=O)(=O)c2c(C)cccc2C(=O)O)c([N+](=O)[O-])c(OC)n1. The number of carboxylic acids is 1. The van der Waals surface area contributed by atoms with Crippen molar-refractivity contribution in [1.82, 2.24) is 14.7 Å². The van der Waals surface area contributed by atoms with E-state index in [-0.39, 0.29) is 5.56 Å². The smallest absolute Gasteiger partial charge is 0.373 e. The van der Waals surface area contributed by atoms with Crippen LogP contribution in [0.25, 0.3) is 0 Å². The van der Waals surface area contributed by atoms with Crippen LogP contribution in [0, 0.1) is 17.0 Å². The molecule has 2 rings (SSSR count). The number of nitrogens with zero attached hydrogens (tertiary/aromatic N) is 3. The minimum Gasteiger partial charge on any atom is -0.478 e. The number of anilines is 1. The van der Waals surface area contributed by atoms with Crippen LogP contribution in [0.5, 0.6) is 11.9 Å². The second-order valence-electron chi connectivity index (χ2n) is 5.49. The number of carboxylic acid groups (broad SMARTS) is 1. The summed E-state index contributed by atoms with van der Waals surface area (Å²) < 4.78 is 36.3. The molecule has 1 heterocycles. The molecule has 0 aliphatic carbocycles. The first kappa shape index (κ1) is 22.3. The molecule has 30 heavy (non-hydrogen) atoms. The topological polar surface area (TPSA) is 200 Å². The minimum absolute atomic E-state index is 0.0616. The number of hydrogen-bond acceptors (Lipinski definition) is 10. The first-order chi connectivity index (χ1) is 14.0. The Morgan fingerprint density at radius 1 is 1.20 bits per heavy atom. The molecule has 0 unspecified atom stereocenters. The number of ether oxygens (including phenoxy) is 2. The van der Waals surface area contributed by atoms with E-state index in [1.807, 2.05) is 5.32 Å².